The normalized spacial score (nSPS) is 10.3. The largest absolute Gasteiger partial charge is 0.340 e. The number of halogens is 1. The summed E-state index contributed by atoms with van der Waals surface area (Å²) >= 11 is 3.46. The van der Waals surface area contributed by atoms with Gasteiger partial charge in [0.2, 0.25) is 0 Å². The number of nitrogens with one attached hydrogen (secondary N) is 2. The number of aryl methyl sites for hydroxylation is 1. The molecule has 3 rings (SSSR count). The molecule has 0 unspecified atom stereocenters. The maximum atomic E-state index is 4.42. The lowest BCUT2D eigenvalue weighted by molar-refractivity contribution is 1.06. The fourth-order valence-electron chi connectivity index (χ4n) is 2.08. The van der Waals surface area contributed by atoms with Crippen molar-refractivity contribution in [3.63, 3.8) is 0 Å². The molecule has 22 heavy (non-hydrogen) atoms. The van der Waals surface area contributed by atoms with E-state index in [-0.39, 0.29) is 0 Å². The summed E-state index contributed by atoms with van der Waals surface area (Å²) in [6.07, 6.45) is 0. The molecule has 4 nitrogen and oxygen atoms in total. The third kappa shape index (κ3) is 3.83. The molecule has 3 aromatic rings. The molecule has 2 aromatic carbocycles. The Kier molecular flexibility index (Phi) is 4.34. The van der Waals surface area contributed by atoms with Crippen LogP contribution in [0.25, 0.3) is 0 Å². The monoisotopic (exact) mass is 354 g/mol. The number of para-hydroxylation sites is 1. The van der Waals surface area contributed by atoms with Crippen LogP contribution in [0.1, 0.15) is 5.82 Å². The summed E-state index contributed by atoms with van der Waals surface area (Å²) in [5, 5.41) is 6.57. The number of rotatable bonds is 4. The summed E-state index contributed by atoms with van der Waals surface area (Å²) in [7, 11) is 0. The van der Waals surface area contributed by atoms with E-state index >= 15 is 0 Å². The summed E-state index contributed by atoms with van der Waals surface area (Å²) in [4.78, 5) is 8.84. The van der Waals surface area contributed by atoms with Gasteiger partial charge in [-0.15, -0.1) is 0 Å². The quantitative estimate of drug-likeness (QED) is 0.689. The van der Waals surface area contributed by atoms with E-state index in [2.05, 4.69) is 36.5 Å². The number of nitrogens with zero attached hydrogens (tertiary/aromatic N) is 2. The van der Waals surface area contributed by atoms with Crippen LogP contribution in [0, 0.1) is 6.92 Å². The highest BCUT2D eigenvalue weighted by atomic mass is 79.9. The molecule has 0 saturated heterocycles. The fourth-order valence-corrected chi connectivity index (χ4v) is 2.48. The molecule has 5 heteroatoms. The minimum atomic E-state index is 0.707. The smallest absolute Gasteiger partial charge is 0.136 e. The van der Waals surface area contributed by atoms with Crippen molar-refractivity contribution in [3.8, 4) is 0 Å². The Bertz CT molecular complexity index is 775. The molecule has 0 aliphatic rings. The molecule has 0 aliphatic heterocycles. The average molecular weight is 355 g/mol. The molecule has 2 N–H and O–H groups in total. The minimum Gasteiger partial charge on any atom is -0.340 e. The number of hydrogen-bond acceptors (Lipinski definition) is 4. The third-order valence-corrected chi connectivity index (χ3v) is 3.47. The van der Waals surface area contributed by atoms with Crippen LogP contribution in [0.2, 0.25) is 0 Å². The van der Waals surface area contributed by atoms with Gasteiger partial charge in [0, 0.05) is 21.9 Å². The van der Waals surface area contributed by atoms with Crippen LogP contribution in [-0.2, 0) is 0 Å². The van der Waals surface area contributed by atoms with Gasteiger partial charge in [-0.05, 0) is 37.3 Å². The zero-order chi connectivity index (χ0) is 15.4. The molecule has 0 atom stereocenters. The van der Waals surface area contributed by atoms with Gasteiger partial charge in [-0.3, -0.25) is 0 Å². The number of benzene rings is 2. The van der Waals surface area contributed by atoms with Crippen LogP contribution in [0.3, 0.4) is 0 Å². The van der Waals surface area contributed by atoms with Gasteiger partial charge in [-0.1, -0.05) is 40.2 Å². The summed E-state index contributed by atoms with van der Waals surface area (Å²) in [5.74, 6) is 2.22. The first-order chi connectivity index (χ1) is 10.7. The molecule has 0 aliphatic carbocycles. The van der Waals surface area contributed by atoms with Crippen molar-refractivity contribution in [1.29, 1.82) is 0 Å². The predicted octanol–water partition coefficient (Wildman–Crippen LogP) is 5.03. The van der Waals surface area contributed by atoms with E-state index in [9.17, 15) is 0 Å². The Morgan fingerprint density at radius 3 is 2.09 bits per heavy atom. The van der Waals surface area contributed by atoms with E-state index in [1.807, 2.05) is 67.6 Å². The molecule has 1 aromatic heterocycles. The van der Waals surface area contributed by atoms with Gasteiger partial charge < -0.3 is 10.6 Å². The second kappa shape index (κ2) is 6.58. The highest BCUT2D eigenvalue weighted by Gasteiger charge is 2.03. The standard InChI is InChI=1S/C17H15BrN4/c1-12-19-16(21-14-7-3-2-4-8-14)11-17(20-12)22-15-9-5-6-13(18)10-15/h2-11H,1H3,(H2,19,20,21,22). The van der Waals surface area contributed by atoms with E-state index in [4.69, 9.17) is 0 Å². The molecule has 110 valence electrons. The molecular weight excluding hydrogens is 340 g/mol. The van der Waals surface area contributed by atoms with Crippen LogP contribution in [0.5, 0.6) is 0 Å². The van der Waals surface area contributed by atoms with E-state index in [0.717, 1.165) is 27.5 Å². The molecule has 0 saturated carbocycles. The highest BCUT2D eigenvalue weighted by molar-refractivity contribution is 9.10. The molecule has 0 fully saturated rings. The van der Waals surface area contributed by atoms with Crippen molar-refractivity contribution in [2.24, 2.45) is 0 Å². The Balaban J connectivity index is 1.83. The average Bonchev–Trinajstić information content (AvgIpc) is 2.47. The van der Waals surface area contributed by atoms with Crippen LogP contribution >= 0.6 is 15.9 Å². The van der Waals surface area contributed by atoms with Crippen molar-refractivity contribution >= 4 is 38.9 Å². The van der Waals surface area contributed by atoms with Crippen molar-refractivity contribution in [2.45, 2.75) is 6.92 Å². The number of hydrogen-bond donors (Lipinski definition) is 2. The van der Waals surface area contributed by atoms with Gasteiger partial charge in [-0.2, -0.15) is 0 Å². The lowest BCUT2D eigenvalue weighted by atomic mass is 10.3. The maximum absolute atomic E-state index is 4.42. The highest BCUT2D eigenvalue weighted by Crippen LogP contribution is 2.22. The summed E-state index contributed by atoms with van der Waals surface area (Å²) in [6, 6.07) is 19.8. The van der Waals surface area contributed by atoms with Crippen LogP contribution < -0.4 is 10.6 Å². The first kappa shape index (κ1) is 14.5. The Labute approximate surface area is 137 Å². The molecule has 1 heterocycles. The SMILES string of the molecule is Cc1nc(Nc2ccccc2)cc(Nc2cccc(Br)c2)n1. The van der Waals surface area contributed by atoms with Crippen molar-refractivity contribution in [3.05, 3.63) is 71.0 Å². The number of anilines is 4. The molecule has 0 radical (unpaired) electrons. The predicted molar refractivity (Wildman–Crippen MR) is 93.9 cm³/mol. The Hall–Kier alpha value is -2.40. The first-order valence-electron chi connectivity index (χ1n) is 6.89. The van der Waals surface area contributed by atoms with Crippen LogP contribution in [0.4, 0.5) is 23.0 Å². The first-order valence-corrected chi connectivity index (χ1v) is 7.69. The lowest BCUT2D eigenvalue weighted by Gasteiger charge is -2.10. The van der Waals surface area contributed by atoms with Gasteiger partial charge in [0.05, 0.1) is 0 Å². The molecule has 0 spiro atoms. The summed E-state index contributed by atoms with van der Waals surface area (Å²) in [6.45, 7) is 1.88. The Morgan fingerprint density at radius 1 is 0.773 bits per heavy atom. The molecule has 0 amide bonds. The van der Waals surface area contributed by atoms with Crippen LogP contribution in [-0.4, -0.2) is 9.97 Å². The van der Waals surface area contributed by atoms with E-state index in [1.165, 1.54) is 0 Å². The van der Waals surface area contributed by atoms with Gasteiger partial charge in [0.25, 0.3) is 0 Å². The topological polar surface area (TPSA) is 49.8 Å². The van der Waals surface area contributed by atoms with E-state index in [0.29, 0.717) is 5.82 Å². The summed E-state index contributed by atoms with van der Waals surface area (Å²) < 4.78 is 1.02. The van der Waals surface area contributed by atoms with Gasteiger partial charge in [-0.25, -0.2) is 9.97 Å². The van der Waals surface area contributed by atoms with Gasteiger partial charge >= 0.3 is 0 Å². The zero-order valence-electron chi connectivity index (χ0n) is 12.0. The Morgan fingerprint density at radius 2 is 1.41 bits per heavy atom. The lowest BCUT2D eigenvalue weighted by Crippen LogP contribution is -2.01. The molecule has 0 bridgehead atoms. The van der Waals surface area contributed by atoms with Crippen molar-refractivity contribution in [1.82, 2.24) is 9.97 Å². The molecular formula is C17H15BrN4. The zero-order valence-corrected chi connectivity index (χ0v) is 13.6. The van der Waals surface area contributed by atoms with E-state index in [1.54, 1.807) is 0 Å². The van der Waals surface area contributed by atoms with Gasteiger partial charge in [0.15, 0.2) is 0 Å². The second-order valence-electron chi connectivity index (χ2n) is 4.81. The fraction of sp³-hybridized carbons (Fsp3) is 0.0588. The van der Waals surface area contributed by atoms with Gasteiger partial charge in [0.1, 0.15) is 17.5 Å². The third-order valence-electron chi connectivity index (χ3n) is 2.98. The van der Waals surface area contributed by atoms with E-state index < -0.39 is 0 Å². The minimum absolute atomic E-state index is 0.707. The van der Waals surface area contributed by atoms with Crippen molar-refractivity contribution in [2.75, 3.05) is 10.6 Å². The second-order valence-corrected chi connectivity index (χ2v) is 5.73. The summed E-state index contributed by atoms with van der Waals surface area (Å²) in [5.41, 5.74) is 1.96. The maximum Gasteiger partial charge on any atom is 0.136 e. The van der Waals surface area contributed by atoms with Crippen LogP contribution in [0.15, 0.2) is 65.1 Å². The van der Waals surface area contributed by atoms with Crippen molar-refractivity contribution < 1.29 is 0 Å². The number of aromatic nitrogens is 2.